The highest BCUT2D eigenvalue weighted by Gasteiger charge is 2.33. The molecular weight excluding hydrogens is 157 g/mol. The molecule has 1 aliphatic rings. The van der Waals surface area contributed by atoms with Gasteiger partial charge in [-0.3, -0.25) is 4.79 Å². The average molecular weight is 162 g/mol. The number of halogens is 3. The Morgan fingerprint density at radius 1 is 1.36 bits per heavy atom. The summed E-state index contributed by atoms with van der Waals surface area (Å²) in [6.45, 7) is 0. The van der Waals surface area contributed by atoms with Gasteiger partial charge in [0, 0.05) is 6.42 Å². The molecule has 0 aliphatic heterocycles. The van der Waals surface area contributed by atoms with Gasteiger partial charge in [-0.25, -0.2) is 0 Å². The summed E-state index contributed by atoms with van der Waals surface area (Å²) in [5.41, 5.74) is -0.867. The topological polar surface area (TPSA) is 17.1 Å². The summed E-state index contributed by atoms with van der Waals surface area (Å²) in [6, 6.07) is 0. The number of allylic oxidation sites excluding steroid dienone is 4. The highest BCUT2D eigenvalue weighted by Crippen LogP contribution is 2.28. The quantitative estimate of drug-likeness (QED) is 0.532. The Morgan fingerprint density at radius 2 is 2.00 bits per heavy atom. The summed E-state index contributed by atoms with van der Waals surface area (Å²) in [5, 5.41) is 0. The summed E-state index contributed by atoms with van der Waals surface area (Å²) in [4.78, 5) is 10.5. The SMILES string of the molecule is O=C1C=C(C(F)(F)F)C=CC1. The first kappa shape index (κ1) is 8.04. The Balaban J connectivity index is 2.88. The first-order valence-electron chi connectivity index (χ1n) is 2.98. The minimum absolute atomic E-state index is 0.0690. The van der Waals surface area contributed by atoms with Gasteiger partial charge in [-0.05, 0) is 6.08 Å². The van der Waals surface area contributed by atoms with E-state index < -0.39 is 17.5 Å². The van der Waals surface area contributed by atoms with Gasteiger partial charge >= 0.3 is 6.18 Å². The lowest BCUT2D eigenvalue weighted by atomic mass is 10.1. The monoisotopic (exact) mass is 162 g/mol. The third-order valence-electron chi connectivity index (χ3n) is 1.26. The van der Waals surface area contributed by atoms with E-state index in [9.17, 15) is 18.0 Å². The number of rotatable bonds is 0. The lowest BCUT2D eigenvalue weighted by Gasteiger charge is -2.09. The van der Waals surface area contributed by atoms with Crippen LogP contribution in [-0.4, -0.2) is 12.0 Å². The van der Waals surface area contributed by atoms with E-state index in [-0.39, 0.29) is 6.42 Å². The van der Waals surface area contributed by atoms with E-state index in [1.165, 1.54) is 6.08 Å². The Kier molecular flexibility index (Phi) is 1.85. The van der Waals surface area contributed by atoms with Crippen LogP contribution in [0, 0.1) is 0 Å². The van der Waals surface area contributed by atoms with Crippen molar-refractivity contribution < 1.29 is 18.0 Å². The van der Waals surface area contributed by atoms with Crippen molar-refractivity contribution in [1.29, 1.82) is 0 Å². The maximum atomic E-state index is 11.8. The predicted octanol–water partition coefficient (Wildman–Crippen LogP) is 2.00. The molecule has 0 aromatic rings. The van der Waals surface area contributed by atoms with Crippen LogP contribution in [0.15, 0.2) is 23.8 Å². The first-order valence-corrected chi connectivity index (χ1v) is 2.98. The molecule has 0 aromatic heterocycles. The summed E-state index contributed by atoms with van der Waals surface area (Å²) in [6.07, 6.45) is -1.57. The molecule has 1 nitrogen and oxygen atoms in total. The van der Waals surface area contributed by atoms with Gasteiger partial charge < -0.3 is 0 Å². The van der Waals surface area contributed by atoms with Gasteiger partial charge in [0.25, 0.3) is 0 Å². The summed E-state index contributed by atoms with van der Waals surface area (Å²) < 4.78 is 35.5. The second kappa shape index (κ2) is 2.53. The van der Waals surface area contributed by atoms with Crippen LogP contribution in [-0.2, 0) is 4.79 Å². The van der Waals surface area contributed by atoms with E-state index in [1.807, 2.05) is 0 Å². The van der Waals surface area contributed by atoms with Crippen LogP contribution in [0.1, 0.15) is 6.42 Å². The molecule has 0 unspecified atom stereocenters. The summed E-state index contributed by atoms with van der Waals surface area (Å²) in [5.74, 6) is -0.500. The van der Waals surface area contributed by atoms with Gasteiger partial charge in [0.1, 0.15) is 0 Å². The second-order valence-corrected chi connectivity index (χ2v) is 2.17. The Bertz CT molecular complexity index is 235. The molecule has 0 atom stereocenters. The fourth-order valence-corrected chi connectivity index (χ4v) is 0.759. The highest BCUT2D eigenvalue weighted by atomic mass is 19.4. The van der Waals surface area contributed by atoms with Gasteiger partial charge in [0.05, 0.1) is 5.57 Å². The molecular formula is C7H5F3O. The van der Waals surface area contributed by atoms with E-state index in [4.69, 9.17) is 0 Å². The van der Waals surface area contributed by atoms with Gasteiger partial charge in [-0.1, -0.05) is 12.2 Å². The van der Waals surface area contributed by atoms with Crippen molar-refractivity contribution in [2.45, 2.75) is 12.6 Å². The number of alkyl halides is 3. The van der Waals surface area contributed by atoms with E-state index in [0.717, 1.165) is 6.08 Å². The molecule has 0 bridgehead atoms. The molecule has 0 saturated heterocycles. The van der Waals surface area contributed by atoms with Crippen molar-refractivity contribution in [3.8, 4) is 0 Å². The minimum atomic E-state index is -4.40. The third kappa shape index (κ3) is 1.93. The molecule has 1 rings (SSSR count). The molecule has 60 valence electrons. The molecule has 1 aliphatic carbocycles. The minimum Gasteiger partial charge on any atom is -0.294 e. The molecule has 4 heteroatoms. The van der Waals surface area contributed by atoms with Gasteiger partial charge in [-0.2, -0.15) is 13.2 Å². The predicted molar refractivity (Wildman–Crippen MR) is 32.9 cm³/mol. The number of carbonyl (C=O) groups excluding carboxylic acids is 1. The van der Waals surface area contributed by atoms with Crippen molar-refractivity contribution in [1.82, 2.24) is 0 Å². The molecule has 0 spiro atoms. The largest absolute Gasteiger partial charge is 0.416 e. The fourth-order valence-electron chi connectivity index (χ4n) is 0.759. The average Bonchev–Trinajstić information content (AvgIpc) is 1.86. The zero-order valence-corrected chi connectivity index (χ0v) is 5.48. The first-order chi connectivity index (χ1) is 5.00. The van der Waals surface area contributed by atoms with E-state index >= 15 is 0 Å². The maximum absolute atomic E-state index is 11.8. The molecule has 0 saturated carbocycles. The Hall–Kier alpha value is -1.06. The molecule has 0 radical (unpaired) electrons. The van der Waals surface area contributed by atoms with Crippen LogP contribution in [0.25, 0.3) is 0 Å². The van der Waals surface area contributed by atoms with Gasteiger partial charge in [0.2, 0.25) is 0 Å². The number of hydrogen-bond donors (Lipinski definition) is 0. The zero-order valence-electron chi connectivity index (χ0n) is 5.48. The number of carbonyl (C=O) groups is 1. The maximum Gasteiger partial charge on any atom is 0.416 e. The highest BCUT2D eigenvalue weighted by molar-refractivity contribution is 5.93. The molecule has 0 amide bonds. The van der Waals surface area contributed by atoms with Crippen molar-refractivity contribution in [2.24, 2.45) is 0 Å². The van der Waals surface area contributed by atoms with Crippen LogP contribution < -0.4 is 0 Å². The molecule has 11 heavy (non-hydrogen) atoms. The lowest BCUT2D eigenvalue weighted by Crippen LogP contribution is -2.13. The Labute approximate surface area is 61.2 Å². The molecule has 0 fully saturated rings. The number of ketones is 1. The normalized spacial score (nSPS) is 18.5. The van der Waals surface area contributed by atoms with Gasteiger partial charge in [0.15, 0.2) is 5.78 Å². The molecule has 0 heterocycles. The lowest BCUT2D eigenvalue weighted by molar-refractivity contribution is -0.115. The summed E-state index contributed by atoms with van der Waals surface area (Å²) >= 11 is 0. The van der Waals surface area contributed by atoms with Crippen molar-refractivity contribution in [3.05, 3.63) is 23.8 Å². The number of hydrogen-bond acceptors (Lipinski definition) is 1. The third-order valence-corrected chi connectivity index (χ3v) is 1.26. The Morgan fingerprint density at radius 3 is 2.36 bits per heavy atom. The van der Waals surface area contributed by atoms with Crippen LogP contribution in [0.4, 0.5) is 13.2 Å². The van der Waals surface area contributed by atoms with Crippen LogP contribution in [0.2, 0.25) is 0 Å². The molecule has 0 N–H and O–H groups in total. The van der Waals surface area contributed by atoms with Gasteiger partial charge in [-0.15, -0.1) is 0 Å². The van der Waals surface area contributed by atoms with Crippen LogP contribution >= 0.6 is 0 Å². The van der Waals surface area contributed by atoms with E-state index in [2.05, 4.69) is 0 Å². The van der Waals surface area contributed by atoms with Crippen LogP contribution in [0.3, 0.4) is 0 Å². The fraction of sp³-hybridized carbons (Fsp3) is 0.286. The zero-order chi connectivity index (χ0) is 8.48. The molecule has 0 aromatic carbocycles. The smallest absolute Gasteiger partial charge is 0.294 e. The van der Waals surface area contributed by atoms with E-state index in [1.54, 1.807) is 0 Å². The van der Waals surface area contributed by atoms with E-state index in [0.29, 0.717) is 6.08 Å². The summed E-state index contributed by atoms with van der Waals surface area (Å²) in [7, 11) is 0. The van der Waals surface area contributed by atoms with Crippen molar-refractivity contribution in [2.75, 3.05) is 0 Å². The van der Waals surface area contributed by atoms with Crippen LogP contribution in [0.5, 0.6) is 0 Å². The standard InChI is InChI=1S/C7H5F3O/c8-7(9,10)5-2-1-3-6(11)4-5/h1-2,4H,3H2. The second-order valence-electron chi connectivity index (χ2n) is 2.17. The van der Waals surface area contributed by atoms with Crippen molar-refractivity contribution in [3.63, 3.8) is 0 Å². The van der Waals surface area contributed by atoms with Crippen molar-refractivity contribution >= 4 is 5.78 Å².